The Labute approximate surface area is 128 Å². The minimum absolute atomic E-state index is 0.221. The molecule has 2 atom stereocenters. The Hall–Kier alpha value is -2.06. The van der Waals surface area contributed by atoms with Gasteiger partial charge in [-0.1, -0.05) is 0 Å². The van der Waals surface area contributed by atoms with Crippen molar-refractivity contribution < 1.29 is 31.5 Å². The van der Waals surface area contributed by atoms with Crippen LogP contribution < -0.4 is 10.5 Å². The highest BCUT2D eigenvalue weighted by atomic mass is 19.2. The molecule has 1 aromatic carbocycles. The number of fused-ring (bicyclic) bond motifs is 2. The van der Waals surface area contributed by atoms with Crippen LogP contribution in [0.5, 0.6) is 5.75 Å². The highest BCUT2D eigenvalue weighted by Crippen LogP contribution is 2.38. The predicted molar refractivity (Wildman–Crippen MR) is 68.1 cm³/mol. The van der Waals surface area contributed by atoms with Crippen LogP contribution in [0.25, 0.3) is 0 Å². The molecule has 126 valence electrons. The number of urea groups is 1. The first-order valence-corrected chi connectivity index (χ1v) is 7.07. The number of amides is 2. The number of ether oxygens (including phenoxy) is 1. The van der Waals surface area contributed by atoms with E-state index in [9.17, 15) is 26.7 Å². The molecule has 0 aliphatic carbocycles. The second kappa shape index (κ2) is 5.54. The maximum absolute atomic E-state index is 13.6. The first kappa shape index (κ1) is 15.8. The maximum atomic E-state index is 13.6. The Morgan fingerprint density at radius 1 is 0.913 bits per heavy atom. The Balaban J connectivity index is 1.84. The lowest BCUT2D eigenvalue weighted by Gasteiger charge is -2.37. The van der Waals surface area contributed by atoms with Gasteiger partial charge in [0.15, 0.2) is 5.75 Å². The summed E-state index contributed by atoms with van der Waals surface area (Å²) in [4.78, 5) is 12.8. The Morgan fingerprint density at radius 2 is 1.35 bits per heavy atom. The van der Waals surface area contributed by atoms with Crippen LogP contribution in [0.1, 0.15) is 25.7 Å². The van der Waals surface area contributed by atoms with Crippen molar-refractivity contribution in [1.29, 1.82) is 0 Å². The third-order valence-electron chi connectivity index (χ3n) is 4.40. The second-order valence-corrected chi connectivity index (χ2v) is 5.74. The molecular formula is C14H13F5N2O2. The average molecular weight is 336 g/mol. The van der Waals surface area contributed by atoms with Gasteiger partial charge in [-0.3, -0.25) is 0 Å². The van der Waals surface area contributed by atoms with E-state index in [-0.39, 0.29) is 24.9 Å². The van der Waals surface area contributed by atoms with Crippen LogP contribution in [-0.4, -0.2) is 29.1 Å². The molecule has 2 fully saturated rings. The largest absolute Gasteiger partial charge is 0.484 e. The van der Waals surface area contributed by atoms with Gasteiger partial charge in [0.05, 0.1) is 0 Å². The molecule has 0 spiro atoms. The van der Waals surface area contributed by atoms with Crippen molar-refractivity contribution in [3.8, 4) is 5.75 Å². The lowest BCUT2D eigenvalue weighted by molar-refractivity contribution is 0.0650. The Bertz CT molecular complexity index is 626. The number of nitrogens with two attached hydrogens (primary N) is 1. The van der Waals surface area contributed by atoms with Crippen LogP contribution in [0.3, 0.4) is 0 Å². The summed E-state index contributed by atoms with van der Waals surface area (Å²) >= 11 is 0. The Kier molecular flexibility index (Phi) is 3.81. The molecule has 1 aromatic rings. The summed E-state index contributed by atoms with van der Waals surface area (Å²) in [5.74, 6) is -11.6. The number of carbonyl (C=O) groups is 1. The summed E-state index contributed by atoms with van der Waals surface area (Å²) in [6.45, 7) is 0. The molecule has 2 unspecified atom stereocenters. The molecule has 2 aliphatic heterocycles. The molecule has 2 N–H and O–H groups in total. The smallest absolute Gasteiger partial charge is 0.315 e. The van der Waals surface area contributed by atoms with E-state index in [0.717, 1.165) is 0 Å². The molecule has 2 aliphatic rings. The summed E-state index contributed by atoms with van der Waals surface area (Å²) in [5, 5.41) is 0. The van der Waals surface area contributed by atoms with Crippen LogP contribution >= 0.6 is 0 Å². The number of benzene rings is 1. The van der Waals surface area contributed by atoms with Gasteiger partial charge in [-0.15, -0.1) is 0 Å². The number of rotatable bonds is 2. The first-order chi connectivity index (χ1) is 10.8. The molecule has 2 bridgehead atoms. The van der Waals surface area contributed by atoms with E-state index in [1.807, 2.05) is 0 Å². The van der Waals surface area contributed by atoms with E-state index in [0.29, 0.717) is 12.8 Å². The molecular weight excluding hydrogens is 323 g/mol. The van der Waals surface area contributed by atoms with Gasteiger partial charge in [-0.05, 0) is 12.8 Å². The van der Waals surface area contributed by atoms with Crippen molar-refractivity contribution in [1.82, 2.24) is 4.90 Å². The van der Waals surface area contributed by atoms with Crippen molar-refractivity contribution in [2.75, 3.05) is 0 Å². The third kappa shape index (κ3) is 2.47. The minimum atomic E-state index is -2.23. The maximum Gasteiger partial charge on any atom is 0.315 e. The summed E-state index contributed by atoms with van der Waals surface area (Å²) in [5.41, 5.74) is 5.28. The average Bonchev–Trinajstić information content (AvgIpc) is 2.79. The highest BCUT2D eigenvalue weighted by Gasteiger charge is 2.44. The predicted octanol–water partition coefficient (Wildman–Crippen LogP) is 2.84. The second-order valence-electron chi connectivity index (χ2n) is 5.74. The van der Waals surface area contributed by atoms with Crippen LogP contribution in [0.4, 0.5) is 26.7 Å². The fourth-order valence-electron chi connectivity index (χ4n) is 3.44. The molecule has 4 nitrogen and oxygen atoms in total. The molecule has 2 heterocycles. The summed E-state index contributed by atoms with van der Waals surface area (Å²) < 4.78 is 71.7. The van der Waals surface area contributed by atoms with Gasteiger partial charge in [0.2, 0.25) is 29.1 Å². The van der Waals surface area contributed by atoms with Crippen LogP contribution in [-0.2, 0) is 0 Å². The number of primary amides is 1. The number of carbonyl (C=O) groups excluding carboxylic acids is 1. The van der Waals surface area contributed by atoms with Crippen LogP contribution in [0, 0.1) is 29.1 Å². The van der Waals surface area contributed by atoms with Crippen LogP contribution in [0.2, 0.25) is 0 Å². The van der Waals surface area contributed by atoms with E-state index in [2.05, 4.69) is 0 Å². The zero-order valence-corrected chi connectivity index (χ0v) is 11.8. The number of piperidine rings is 1. The molecule has 23 heavy (non-hydrogen) atoms. The summed E-state index contributed by atoms with van der Waals surface area (Å²) in [6, 6.07) is -1.10. The summed E-state index contributed by atoms with van der Waals surface area (Å²) in [7, 11) is 0. The molecule has 0 aromatic heterocycles. The number of hydrogen-bond acceptors (Lipinski definition) is 2. The van der Waals surface area contributed by atoms with Crippen molar-refractivity contribution in [3.05, 3.63) is 29.1 Å². The Morgan fingerprint density at radius 3 is 1.78 bits per heavy atom. The molecule has 9 heteroatoms. The molecule has 2 amide bonds. The third-order valence-corrected chi connectivity index (χ3v) is 4.40. The normalized spacial score (nSPS) is 26.5. The quantitative estimate of drug-likeness (QED) is 0.513. The minimum Gasteiger partial charge on any atom is -0.484 e. The molecule has 2 saturated heterocycles. The fourth-order valence-corrected chi connectivity index (χ4v) is 3.44. The van der Waals surface area contributed by atoms with Gasteiger partial charge in [-0.2, -0.15) is 8.78 Å². The van der Waals surface area contributed by atoms with Crippen molar-refractivity contribution in [2.24, 2.45) is 5.73 Å². The van der Waals surface area contributed by atoms with Crippen LogP contribution in [0.15, 0.2) is 0 Å². The number of nitrogens with zero attached hydrogens (tertiary/aromatic N) is 1. The van der Waals surface area contributed by atoms with E-state index in [1.54, 1.807) is 0 Å². The lowest BCUT2D eigenvalue weighted by atomic mass is 10.00. The first-order valence-electron chi connectivity index (χ1n) is 7.07. The van der Waals surface area contributed by atoms with E-state index in [1.165, 1.54) is 4.90 Å². The van der Waals surface area contributed by atoms with Gasteiger partial charge in [0, 0.05) is 24.9 Å². The monoisotopic (exact) mass is 336 g/mol. The number of halogens is 5. The van der Waals surface area contributed by atoms with Gasteiger partial charge in [-0.25, -0.2) is 18.0 Å². The van der Waals surface area contributed by atoms with Crippen molar-refractivity contribution >= 4 is 6.03 Å². The van der Waals surface area contributed by atoms with E-state index in [4.69, 9.17) is 10.5 Å². The highest BCUT2D eigenvalue weighted by molar-refractivity contribution is 5.73. The zero-order valence-electron chi connectivity index (χ0n) is 11.8. The van der Waals surface area contributed by atoms with E-state index >= 15 is 0 Å². The van der Waals surface area contributed by atoms with Gasteiger partial charge in [0.25, 0.3) is 0 Å². The molecule has 0 radical (unpaired) electrons. The number of hydrogen-bond donors (Lipinski definition) is 1. The summed E-state index contributed by atoms with van der Waals surface area (Å²) in [6.07, 6.45) is 1.00. The van der Waals surface area contributed by atoms with Crippen molar-refractivity contribution in [2.45, 2.75) is 43.9 Å². The van der Waals surface area contributed by atoms with Crippen molar-refractivity contribution in [3.63, 3.8) is 0 Å². The topological polar surface area (TPSA) is 55.6 Å². The van der Waals surface area contributed by atoms with Gasteiger partial charge in [0.1, 0.15) is 6.10 Å². The van der Waals surface area contributed by atoms with E-state index < -0.39 is 47.0 Å². The zero-order chi connectivity index (χ0) is 16.9. The molecule has 0 saturated carbocycles. The SMILES string of the molecule is NC(=O)N1C2CCC1CC(Oc1c(F)c(F)c(F)c(F)c1F)C2. The fraction of sp³-hybridized carbons (Fsp3) is 0.500. The lowest BCUT2D eigenvalue weighted by Crippen LogP contribution is -2.51. The van der Waals surface area contributed by atoms with Gasteiger partial charge >= 0.3 is 6.03 Å². The standard InChI is InChI=1S/C14H13F5N2O2/c15-8-9(16)11(18)13(12(19)10(8)17)23-7-3-5-1-2-6(4-7)21(5)14(20)22/h5-7H,1-4H2,(H2,20,22). The van der Waals surface area contributed by atoms with Gasteiger partial charge < -0.3 is 15.4 Å². The molecule has 3 rings (SSSR count).